The number of methoxy groups -OCH3 is 3. The summed E-state index contributed by atoms with van der Waals surface area (Å²) in [7, 11) is 5.02. The zero-order chi connectivity index (χ0) is 14.3. The molecule has 1 unspecified atom stereocenters. The maximum Gasteiger partial charge on any atom is 0.137 e. The molecule has 0 saturated carbocycles. The van der Waals surface area contributed by atoms with Crippen molar-refractivity contribution >= 4 is 31.9 Å². The van der Waals surface area contributed by atoms with Crippen LogP contribution in [0.3, 0.4) is 0 Å². The Hall–Kier alpha value is -0.140. The first-order valence-corrected chi connectivity index (χ1v) is 7.45. The molecule has 0 aliphatic rings. The van der Waals surface area contributed by atoms with Crippen LogP contribution in [0, 0.1) is 0 Å². The summed E-state index contributed by atoms with van der Waals surface area (Å²) in [4.78, 5) is 0. The highest BCUT2D eigenvalue weighted by atomic mass is 79.9. The van der Waals surface area contributed by atoms with Crippen LogP contribution in [0.4, 0.5) is 0 Å². The number of halogens is 2. The summed E-state index contributed by atoms with van der Waals surface area (Å²) in [5.74, 6) is 0.844. The molecule has 0 heterocycles. The lowest BCUT2D eigenvalue weighted by Gasteiger charge is -2.16. The lowest BCUT2D eigenvalue weighted by molar-refractivity contribution is 0.0287. The van der Waals surface area contributed by atoms with E-state index in [0.717, 1.165) is 26.8 Å². The minimum atomic E-state index is 0.0478. The summed E-state index contributed by atoms with van der Waals surface area (Å²) in [6.07, 6.45) is 0.0478. The van der Waals surface area contributed by atoms with Gasteiger partial charge in [0.25, 0.3) is 0 Å². The lowest BCUT2D eigenvalue weighted by atomic mass is 10.2. The van der Waals surface area contributed by atoms with Crippen molar-refractivity contribution in [3.05, 3.63) is 26.6 Å². The van der Waals surface area contributed by atoms with Gasteiger partial charge < -0.3 is 19.5 Å². The predicted molar refractivity (Wildman–Crippen MR) is 82.8 cm³/mol. The Morgan fingerprint density at radius 2 is 1.95 bits per heavy atom. The third kappa shape index (κ3) is 5.39. The predicted octanol–water partition coefficient (Wildman–Crippen LogP) is 2.97. The highest BCUT2D eigenvalue weighted by Crippen LogP contribution is 2.32. The Balaban J connectivity index is 2.62. The van der Waals surface area contributed by atoms with Crippen molar-refractivity contribution in [1.82, 2.24) is 5.32 Å². The van der Waals surface area contributed by atoms with Gasteiger partial charge in [0, 0.05) is 37.3 Å². The average molecular weight is 397 g/mol. The van der Waals surface area contributed by atoms with E-state index in [2.05, 4.69) is 37.2 Å². The van der Waals surface area contributed by atoms with Crippen molar-refractivity contribution in [3.8, 4) is 5.75 Å². The molecule has 0 radical (unpaired) electrons. The van der Waals surface area contributed by atoms with Gasteiger partial charge in [-0.1, -0.05) is 15.9 Å². The van der Waals surface area contributed by atoms with Crippen LogP contribution in [0.15, 0.2) is 21.1 Å². The Bertz CT molecular complexity index is 402. The van der Waals surface area contributed by atoms with Crippen molar-refractivity contribution < 1.29 is 14.2 Å². The molecule has 0 aliphatic carbocycles. The molecule has 0 spiro atoms. The van der Waals surface area contributed by atoms with Gasteiger partial charge in [-0.05, 0) is 28.1 Å². The van der Waals surface area contributed by atoms with Gasteiger partial charge in [0.15, 0.2) is 0 Å². The number of hydrogen-bond donors (Lipinski definition) is 1. The summed E-state index contributed by atoms with van der Waals surface area (Å²) in [6, 6.07) is 4.00. The third-order valence-corrected chi connectivity index (χ3v) is 3.71. The molecule has 0 aromatic heterocycles. The fourth-order valence-electron chi connectivity index (χ4n) is 1.74. The fraction of sp³-hybridized carbons (Fsp3) is 0.538. The van der Waals surface area contributed by atoms with Crippen LogP contribution >= 0.6 is 31.9 Å². The van der Waals surface area contributed by atoms with Crippen LogP contribution in [0.2, 0.25) is 0 Å². The van der Waals surface area contributed by atoms with Crippen LogP contribution in [-0.4, -0.2) is 40.6 Å². The van der Waals surface area contributed by atoms with Gasteiger partial charge >= 0.3 is 0 Å². The van der Waals surface area contributed by atoms with E-state index in [1.165, 1.54) is 0 Å². The Morgan fingerprint density at radius 3 is 2.53 bits per heavy atom. The monoisotopic (exact) mass is 395 g/mol. The standard InChI is InChI=1S/C13H19Br2NO3/c1-17-8-11(18-2)7-16-6-9-4-10(14)5-12(15)13(9)19-3/h4-5,11,16H,6-8H2,1-3H3. The van der Waals surface area contributed by atoms with Gasteiger partial charge in [0.1, 0.15) is 5.75 Å². The Morgan fingerprint density at radius 1 is 1.21 bits per heavy atom. The molecule has 19 heavy (non-hydrogen) atoms. The molecule has 1 aromatic rings. The molecule has 0 aliphatic heterocycles. The second-order valence-corrected chi connectivity index (χ2v) is 5.79. The maximum absolute atomic E-state index is 5.40. The second-order valence-electron chi connectivity index (χ2n) is 4.02. The molecule has 1 aromatic carbocycles. The smallest absolute Gasteiger partial charge is 0.137 e. The first kappa shape index (κ1) is 16.9. The summed E-state index contributed by atoms with van der Waals surface area (Å²) in [5, 5.41) is 3.34. The van der Waals surface area contributed by atoms with Gasteiger partial charge in [-0.3, -0.25) is 0 Å². The van der Waals surface area contributed by atoms with E-state index in [0.29, 0.717) is 13.2 Å². The quantitative estimate of drug-likeness (QED) is 0.733. The SMILES string of the molecule is COCC(CNCc1cc(Br)cc(Br)c1OC)OC. The van der Waals surface area contributed by atoms with Crippen LogP contribution in [0.5, 0.6) is 5.75 Å². The number of nitrogens with one attached hydrogen (secondary N) is 1. The minimum absolute atomic E-state index is 0.0478. The van der Waals surface area contributed by atoms with E-state index in [1.54, 1.807) is 21.3 Å². The molecule has 108 valence electrons. The average Bonchev–Trinajstić information content (AvgIpc) is 2.37. The van der Waals surface area contributed by atoms with E-state index in [1.807, 2.05) is 12.1 Å². The van der Waals surface area contributed by atoms with Crippen LogP contribution < -0.4 is 10.1 Å². The maximum atomic E-state index is 5.40. The van der Waals surface area contributed by atoms with Gasteiger partial charge in [-0.15, -0.1) is 0 Å². The van der Waals surface area contributed by atoms with E-state index in [4.69, 9.17) is 14.2 Å². The van der Waals surface area contributed by atoms with Crippen molar-refractivity contribution in [2.45, 2.75) is 12.6 Å². The number of ether oxygens (including phenoxy) is 3. The zero-order valence-electron chi connectivity index (χ0n) is 11.3. The summed E-state index contributed by atoms with van der Waals surface area (Å²) < 4.78 is 17.7. The second kappa shape index (κ2) is 8.92. The van der Waals surface area contributed by atoms with Crippen LogP contribution in [0.25, 0.3) is 0 Å². The van der Waals surface area contributed by atoms with E-state index >= 15 is 0 Å². The van der Waals surface area contributed by atoms with Crippen LogP contribution in [-0.2, 0) is 16.0 Å². The molecule has 0 bridgehead atoms. The molecule has 0 saturated heterocycles. The Kier molecular flexibility index (Phi) is 7.94. The van der Waals surface area contributed by atoms with Crippen molar-refractivity contribution in [1.29, 1.82) is 0 Å². The summed E-state index contributed by atoms with van der Waals surface area (Å²) in [6.45, 7) is 1.99. The molecule has 1 atom stereocenters. The topological polar surface area (TPSA) is 39.7 Å². The van der Waals surface area contributed by atoms with Gasteiger partial charge in [0.2, 0.25) is 0 Å². The minimum Gasteiger partial charge on any atom is -0.495 e. The van der Waals surface area contributed by atoms with Gasteiger partial charge in [-0.25, -0.2) is 0 Å². The van der Waals surface area contributed by atoms with Crippen LogP contribution in [0.1, 0.15) is 5.56 Å². The molecule has 1 rings (SSSR count). The lowest BCUT2D eigenvalue weighted by Crippen LogP contribution is -2.31. The summed E-state index contributed by atoms with van der Waals surface area (Å²) in [5.41, 5.74) is 1.08. The number of benzene rings is 1. The normalized spacial score (nSPS) is 12.5. The molecule has 0 amide bonds. The van der Waals surface area contributed by atoms with E-state index in [9.17, 15) is 0 Å². The molecule has 1 N–H and O–H groups in total. The fourth-order valence-corrected chi connectivity index (χ4v) is 3.21. The third-order valence-electron chi connectivity index (χ3n) is 2.66. The van der Waals surface area contributed by atoms with Gasteiger partial charge in [0.05, 0.1) is 24.3 Å². The van der Waals surface area contributed by atoms with E-state index < -0.39 is 0 Å². The van der Waals surface area contributed by atoms with Crippen molar-refractivity contribution in [3.63, 3.8) is 0 Å². The van der Waals surface area contributed by atoms with Crippen molar-refractivity contribution in [2.75, 3.05) is 34.5 Å². The zero-order valence-corrected chi connectivity index (χ0v) is 14.5. The first-order valence-electron chi connectivity index (χ1n) is 5.86. The van der Waals surface area contributed by atoms with Gasteiger partial charge in [-0.2, -0.15) is 0 Å². The number of rotatable bonds is 8. The van der Waals surface area contributed by atoms with E-state index in [-0.39, 0.29) is 6.10 Å². The number of hydrogen-bond acceptors (Lipinski definition) is 4. The molecular weight excluding hydrogens is 378 g/mol. The molecule has 6 heteroatoms. The Labute approximate surface area is 131 Å². The highest BCUT2D eigenvalue weighted by molar-refractivity contribution is 9.11. The largest absolute Gasteiger partial charge is 0.495 e. The van der Waals surface area contributed by atoms with Crippen molar-refractivity contribution in [2.24, 2.45) is 0 Å². The molecule has 4 nitrogen and oxygen atoms in total. The highest BCUT2D eigenvalue weighted by Gasteiger charge is 2.11. The molecular formula is C13H19Br2NO3. The summed E-state index contributed by atoms with van der Waals surface area (Å²) >= 11 is 6.97. The first-order chi connectivity index (χ1) is 9.12. The molecule has 0 fully saturated rings.